The highest BCUT2D eigenvalue weighted by Crippen LogP contribution is 2.40. The number of nitrogens with zero attached hydrogens (tertiary/aromatic N) is 3. The van der Waals surface area contributed by atoms with Crippen molar-refractivity contribution >= 4 is 30.6 Å². The van der Waals surface area contributed by atoms with Gasteiger partial charge in [0.15, 0.2) is 11.5 Å². The number of carbonyl (C=O) groups is 2. The molecular weight excluding hydrogens is 599 g/mol. The molecule has 0 fully saturated rings. The number of hydrogen-bond acceptors (Lipinski definition) is 4. The standard InChI is InChI=1S/C37H42BF2N3O4/c1-5-7-9-10-12-25(11-8-6-2)24-47-35-23-33(27-15-19-30-31(21-27)37(45)41(3)36(30)44)43-34(35)22-28-16-20-32(42(28)38(43,39)40)26-13-17-29(46-4)18-14-26/h13-23,25H,5-12,24H2,1-4H3. The van der Waals surface area contributed by atoms with Crippen molar-refractivity contribution in [3.8, 4) is 17.0 Å². The maximum Gasteiger partial charge on any atom is 0.738 e. The Morgan fingerprint density at radius 2 is 1.53 bits per heavy atom. The minimum atomic E-state index is -4.41. The topological polar surface area (TPSA) is 63.8 Å². The van der Waals surface area contributed by atoms with Crippen LogP contribution in [0.3, 0.4) is 0 Å². The number of allylic oxidation sites excluding steroid dienone is 1. The van der Waals surface area contributed by atoms with Gasteiger partial charge in [0.2, 0.25) is 5.70 Å². The van der Waals surface area contributed by atoms with Crippen LogP contribution in [-0.4, -0.2) is 59.1 Å². The average molecular weight is 642 g/mol. The maximum atomic E-state index is 17.1. The smallest absolute Gasteiger partial charge is 0.497 e. The Hall–Kier alpha value is -4.47. The average Bonchev–Trinajstić information content (AvgIpc) is 3.74. The van der Waals surface area contributed by atoms with Crippen molar-refractivity contribution in [1.29, 1.82) is 0 Å². The number of aromatic nitrogens is 1. The molecule has 246 valence electrons. The molecule has 2 aromatic carbocycles. The van der Waals surface area contributed by atoms with Crippen molar-refractivity contribution in [1.82, 2.24) is 9.38 Å². The second-order valence-corrected chi connectivity index (χ2v) is 12.7. The predicted molar refractivity (Wildman–Crippen MR) is 181 cm³/mol. The van der Waals surface area contributed by atoms with Crippen LogP contribution in [0.5, 0.6) is 5.75 Å². The summed E-state index contributed by atoms with van der Waals surface area (Å²) in [6, 6.07) is 15.2. The van der Waals surface area contributed by atoms with E-state index in [-0.39, 0.29) is 22.5 Å². The van der Waals surface area contributed by atoms with Crippen LogP contribution in [0.2, 0.25) is 0 Å². The zero-order valence-electron chi connectivity index (χ0n) is 27.6. The Balaban J connectivity index is 1.42. The number of benzene rings is 2. The zero-order chi connectivity index (χ0) is 33.3. The molecule has 4 heterocycles. The minimum Gasteiger partial charge on any atom is -0.497 e. The molecule has 47 heavy (non-hydrogen) atoms. The molecule has 6 rings (SSSR count). The molecule has 0 bridgehead atoms. The van der Waals surface area contributed by atoms with Gasteiger partial charge in [0.25, 0.3) is 11.8 Å². The summed E-state index contributed by atoms with van der Waals surface area (Å²) in [5, 5.41) is 0. The normalized spacial score (nSPS) is 16.9. The molecule has 0 saturated carbocycles. The van der Waals surface area contributed by atoms with E-state index >= 15 is 8.63 Å². The summed E-state index contributed by atoms with van der Waals surface area (Å²) in [6.07, 6.45) is 12.3. The third-order valence-electron chi connectivity index (χ3n) is 9.57. The molecule has 3 aromatic rings. The van der Waals surface area contributed by atoms with Gasteiger partial charge in [-0.05, 0) is 78.9 Å². The van der Waals surface area contributed by atoms with Gasteiger partial charge in [-0.15, -0.1) is 0 Å². The van der Waals surface area contributed by atoms with Gasteiger partial charge in [0.05, 0.1) is 30.9 Å². The SMILES string of the molecule is CCCCCCC(CCCC)COC1=CC(c2ccc3c(c2)C(=O)N(C)C3=O)=[N+]2C1=Cc1ccc(-c3ccc(OC)cc3)n1[B-]2(F)F. The van der Waals surface area contributed by atoms with Gasteiger partial charge in [0.1, 0.15) is 5.75 Å². The summed E-state index contributed by atoms with van der Waals surface area (Å²) in [5.74, 6) is 0.491. The minimum absolute atomic E-state index is 0.205. The number of unbranched alkanes of at least 4 members (excludes halogenated alkanes) is 4. The predicted octanol–water partition coefficient (Wildman–Crippen LogP) is 8.16. The van der Waals surface area contributed by atoms with E-state index in [2.05, 4.69) is 13.8 Å². The van der Waals surface area contributed by atoms with Gasteiger partial charge in [0, 0.05) is 30.1 Å². The van der Waals surface area contributed by atoms with Gasteiger partial charge >= 0.3 is 6.97 Å². The number of imide groups is 1. The Kier molecular flexibility index (Phi) is 9.21. The number of hydrogen-bond donors (Lipinski definition) is 0. The fraction of sp³-hybridized carbons (Fsp3) is 0.378. The summed E-state index contributed by atoms with van der Waals surface area (Å²) in [7, 11) is 2.99. The van der Waals surface area contributed by atoms with E-state index in [0.29, 0.717) is 46.5 Å². The zero-order valence-corrected chi connectivity index (χ0v) is 27.6. The number of rotatable bonds is 14. The molecule has 3 aliphatic rings. The first kappa shape index (κ1) is 32.5. The molecule has 0 aliphatic carbocycles. The van der Waals surface area contributed by atoms with E-state index in [9.17, 15) is 9.59 Å². The van der Waals surface area contributed by atoms with Crippen LogP contribution in [0.4, 0.5) is 8.63 Å². The number of halogens is 2. The first-order chi connectivity index (χ1) is 22.7. The molecule has 2 amide bonds. The number of carbonyl (C=O) groups excluding carboxylic acids is 2. The van der Waals surface area contributed by atoms with E-state index in [1.165, 1.54) is 26.3 Å². The van der Waals surface area contributed by atoms with Crippen LogP contribution in [-0.2, 0) is 4.74 Å². The van der Waals surface area contributed by atoms with Crippen molar-refractivity contribution < 1.29 is 32.2 Å². The van der Waals surface area contributed by atoms with Crippen LogP contribution < -0.4 is 4.74 Å². The van der Waals surface area contributed by atoms with Crippen LogP contribution in [0.25, 0.3) is 17.3 Å². The fourth-order valence-corrected chi connectivity index (χ4v) is 6.90. The van der Waals surface area contributed by atoms with Crippen molar-refractivity contribution in [3.63, 3.8) is 0 Å². The largest absolute Gasteiger partial charge is 0.738 e. The van der Waals surface area contributed by atoms with E-state index in [1.807, 2.05) is 0 Å². The van der Waals surface area contributed by atoms with Crippen LogP contribution in [0.1, 0.15) is 97.2 Å². The van der Waals surface area contributed by atoms with E-state index in [4.69, 9.17) is 9.47 Å². The summed E-state index contributed by atoms with van der Waals surface area (Å²) in [4.78, 5) is 26.5. The first-order valence-electron chi connectivity index (χ1n) is 16.8. The van der Waals surface area contributed by atoms with Gasteiger partial charge in [-0.3, -0.25) is 14.5 Å². The van der Waals surface area contributed by atoms with E-state index in [0.717, 1.165) is 46.0 Å². The third-order valence-corrected chi connectivity index (χ3v) is 9.57. The van der Waals surface area contributed by atoms with Crippen LogP contribution in [0, 0.1) is 5.92 Å². The lowest BCUT2D eigenvalue weighted by Gasteiger charge is -2.31. The molecule has 0 N–H and O–H groups in total. The lowest BCUT2D eigenvalue weighted by molar-refractivity contribution is -0.365. The number of ether oxygens (including phenoxy) is 2. The third kappa shape index (κ3) is 5.94. The van der Waals surface area contributed by atoms with Crippen LogP contribution >= 0.6 is 0 Å². The molecule has 1 atom stereocenters. The van der Waals surface area contributed by atoms with E-state index in [1.54, 1.807) is 73.9 Å². The molecule has 7 nitrogen and oxygen atoms in total. The summed E-state index contributed by atoms with van der Waals surface area (Å²) >= 11 is 0. The second-order valence-electron chi connectivity index (χ2n) is 12.7. The molecule has 0 spiro atoms. The van der Waals surface area contributed by atoms with Crippen LogP contribution in [0.15, 0.2) is 72.1 Å². The molecule has 10 heteroatoms. The lowest BCUT2D eigenvalue weighted by atomic mass is 9.89. The Labute approximate surface area is 275 Å². The van der Waals surface area contributed by atoms with Gasteiger partial charge in [-0.25, -0.2) is 0 Å². The molecule has 1 aromatic heterocycles. The van der Waals surface area contributed by atoms with Crippen molar-refractivity contribution in [3.05, 3.63) is 94.5 Å². The van der Waals surface area contributed by atoms with Gasteiger partial charge < -0.3 is 27.1 Å². The maximum absolute atomic E-state index is 17.1. The highest BCUT2D eigenvalue weighted by atomic mass is 19.2. The molecule has 0 radical (unpaired) electrons. The highest BCUT2D eigenvalue weighted by Gasteiger charge is 2.55. The quantitative estimate of drug-likeness (QED) is 0.101. The van der Waals surface area contributed by atoms with Crippen molar-refractivity contribution in [2.75, 3.05) is 20.8 Å². The van der Waals surface area contributed by atoms with Crippen molar-refractivity contribution in [2.45, 2.75) is 65.2 Å². The lowest BCUT2D eigenvalue weighted by Crippen LogP contribution is -2.50. The number of fused-ring (bicyclic) bond motifs is 3. The van der Waals surface area contributed by atoms with Gasteiger partial charge in [-0.1, -0.05) is 52.4 Å². The number of methoxy groups -OCH3 is 1. The summed E-state index contributed by atoms with van der Waals surface area (Å²) in [5.41, 5.74) is 2.78. The van der Waals surface area contributed by atoms with Crippen molar-refractivity contribution in [2.24, 2.45) is 5.92 Å². The molecular formula is C37H42BF2N3O4. The second kappa shape index (κ2) is 13.3. The summed E-state index contributed by atoms with van der Waals surface area (Å²) < 4.78 is 48.1. The van der Waals surface area contributed by atoms with E-state index < -0.39 is 18.8 Å². The molecule has 1 unspecified atom stereocenters. The van der Waals surface area contributed by atoms with Gasteiger partial charge in [-0.2, -0.15) is 0 Å². The first-order valence-corrected chi connectivity index (χ1v) is 16.8. The Bertz CT molecular complexity index is 1790. The molecule has 3 aliphatic heterocycles. The highest BCUT2D eigenvalue weighted by molar-refractivity contribution is 6.59. The Morgan fingerprint density at radius 3 is 2.26 bits per heavy atom. The molecule has 0 saturated heterocycles. The monoisotopic (exact) mass is 641 g/mol. The summed E-state index contributed by atoms with van der Waals surface area (Å²) in [6.45, 7) is 0.398. The Morgan fingerprint density at radius 1 is 0.830 bits per heavy atom. The number of amides is 2. The fourth-order valence-electron chi connectivity index (χ4n) is 6.90.